The third-order valence-corrected chi connectivity index (χ3v) is 5.61. The van der Waals surface area contributed by atoms with E-state index in [-0.39, 0.29) is 11.2 Å². The molecule has 2 aromatic rings. The molecule has 1 saturated heterocycles. The predicted octanol–water partition coefficient (Wildman–Crippen LogP) is 4.14. The molecule has 0 saturated carbocycles. The molecule has 5 heteroatoms. The van der Waals surface area contributed by atoms with Gasteiger partial charge in [0.15, 0.2) is 5.16 Å². The molecular weight excluding hydrogens is 306 g/mol. The number of thioether (sulfide) groups is 1. The number of aromatic amines is 1. The number of rotatable bonds is 4. The highest BCUT2D eigenvalue weighted by molar-refractivity contribution is 8.00. The van der Waals surface area contributed by atoms with Gasteiger partial charge in [0.1, 0.15) is 0 Å². The number of aryl methyl sites for hydroxylation is 1. The van der Waals surface area contributed by atoms with Gasteiger partial charge in [-0.3, -0.25) is 4.79 Å². The zero-order chi connectivity index (χ0) is 16.4. The van der Waals surface area contributed by atoms with Crippen LogP contribution in [0.15, 0.2) is 23.4 Å². The lowest BCUT2D eigenvalue weighted by Crippen LogP contribution is -2.46. The number of nitrogens with one attached hydrogen (secondary N) is 1. The van der Waals surface area contributed by atoms with Crippen molar-refractivity contribution in [2.75, 3.05) is 6.54 Å². The molecule has 2 atom stereocenters. The Morgan fingerprint density at radius 1 is 1.48 bits per heavy atom. The van der Waals surface area contributed by atoms with E-state index in [1.807, 2.05) is 13.0 Å². The van der Waals surface area contributed by atoms with Gasteiger partial charge in [-0.25, -0.2) is 4.98 Å². The smallest absolute Gasteiger partial charge is 0.236 e. The van der Waals surface area contributed by atoms with Gasteiger partial charge in [-0.15, -0.1) is 0 Å². The highest BCUT2D eigenvalue weighted by Crippen LogP contribution is 2.28. The summed E-state index contributed by atoms with van der Waals surface area (Å²) < 4.78 is 0. The van der Waals surface area contributed by atoms with E-state index in [1.54, 1.807) is 0 Å². The number of H-pyrrole nitrogens is 1. The van der Waals surface area contributed by atoms with Crippen LogP contribution in [0.1, 0.15) is 45.1 Å². The molecule has 1 aliphatic rings. The van der Waals surface area contributed by atoms with Crippen molar-refractivity contribution in [1.29, 1.82) is 0 Å². The van der Waals surface area contributed by atoms with Gasteiger partial charge in [0.25, 0.3) is 0 Å². The first-order chi connectivity index (χ1) is 11.1. The van der Waals surface area contributed by atoms with Crippen molar-refractivity contribution in [2.24, 2.45) is 0 Å². The van der Waals surface area contributed by atoms with Crippen LogP contribution in [0.5, 0.6) is 0 Å². The molecule has 2 unspecified atom stereocenters. The number of amides is 1. The Hall–Kier alpha value is -1.49. The maximum atomic E-state index is 12.8. The van der Waals surface area contributed by atoms with Gasteiger partial charge in [0.2, 0.25) is 5.91 Å². The summed E-state index contributed by atoms with van der Waals surface area (Å²) >= 11 is 1.53. The SMILES string of the molecule is CCC1CCCCN1C(=O)C(C)Sc1nc2ccc(C)cc2[nH]1. The van der Waals surface area contributed by atoms with Gasteiger partial charge in [-0.1, -0.05) is 24.8 Å². The Morgan fingerprint density at radius 2 is 2.30 bits per heavy atom. The van der Waals surface area contributed by atoms with Crippen molar-refractivity contribution in [3.05, 3.63) is 23.8 Å². The number of imidazole rings is 1. The molecule has 124 valence electrons. The van der Waals surface area contributed by atoms with Gasteiger partial charge >= 0.3 is 0 Å². The van der Waals surface area contributed by atoms with Crippen LogP contribution in [0.4, 0.5) is 0 Å². The van der Waals surface area contributed by atoms with Crippen LogP contribution in [0.3, 0.4) is 0 Å². The lowest BCUT2D eigenvalue weighted by Gasteiger charge is -2.36. The van der Waals surface area contributed by atoms with Crippen molar-refractivity contribution < 1.29 is 4.79 Å². The van der Waals surface area contributed by atoms with E-state index in [1.165, 1.54) is 23.7 Å². The number of benzene rings is 1. The Labute approximate surface area is 142 Å². The first kappa shape index (κ1) is 16.4. The number of nitrogens with zero attached hydrogens (tertiary/aromatic N) is 2. The fraction of sp³-hybridized carbons (Fsp3) is 0.556. The number of hydrogen-bond acceptors (Lipinski definition) is 3. The van der Waals surface area contributed by atoms with Gasteiger partial charge < -0.3 is 9.88 Å². The minimum Gasteiger partial charge on any atom is -0.339 e. The lowest BCUT2D eigenvalue weighted by atomic mass is 10.00. The molecular formula is C18H25N3OS. The topological polar surface area (TPSA) is 49.0 Å². The Morgan fingerprint density at radius 3 is 3.09 bits per heavy atom. The van der Waals surface area contributed by atoms with Crippen molar-refractivity contribution >= 4 is 28.7 Å². The molecule has 1 fully saturated rings. The van der Waals surface area contributed by atoms with Crippen LogP contribution < -0.4 is 0 Å². The molecule has 3 rings (SSSR count). The normalized spacial score (nSPS) is 20.0. The molecule has 1 aliphatic heterocycles. The van der Waals surface area contributed by atoms with Crippen molar-refractivity contribution in [1.82, 2.24) is 14.9 Å². The third-order valence-electron chi connectivity index (χ3n) is 4.63. The number of carbonyl (C=O) groups excluding carboxylic acids is 1. The predicted molar refractivity (Wildman–Crippen MR) is 95.8 cm³/mol. The molecule has 2 heterocycles. The summed E-state index contributed by atoms with van der Waals surface area (Å²) in [6.07, 6.45) is 4.56. The summed E-state index contributed by atoms with van der Waals surface area (Å²) in [5.41, 5.74) is 3.21. The molecule has 1 N–H and O–H groups in total. The maximum absolute atomic E-state index is 12.8. The monoisotopic (exact) mass is 331 g/mol. The Bertz CT molecular complexity index is 697. The van der Waals surface area contributed by atoms with Crippen molar-refractivity contribution in [3.63, 3.8) is 0 Å². The number of fused-ring (bicyclic) bond motifs is 1. The zero-order valence-electron chi connectivity index (χ0n) is 14.1. The van der Waals surface area contributed by atoms with E-state index in [4.69, 9.17) is 0 Å². The Balaban J connectivity index is 1.71. The molecule has 1 amide bonds. The van der Waals surface area contributed by atoms with E-state index in [0.29, 0.717) is 6.04 Å². The van der Waals surface area contributed by atoms with E-state index in [9.17, 15) is 4.79 Å². The molecule has 1 aromatic carbocycles. The van der Waals surface area contributed by atoms with E-state index >= 15 is 0 Å². The maximum Gasteiger partial charge on any atom is 0.236 e. The van der Waals surface area contributed by atoms with Gasteiger partial charge in [-0.2, -0.15) is 0 Å². The number of likely N-dealkylation sites (tertiary alicyclic amines) is 1. The van der Waals surface area contributed by atoms with E-state index < -0.39 is 0 Å². The average Bonchev–Trinajstić information content (AvgIpc) is 2.95. The molecule has 0 spiro atoms. The van der Waals surface area contributed by atoms with Gasteiger partial charge in [0.05, 0.1) is 16.3 Å². The van der Waals surface area contributed by atoms with Crippen LogP contribution >= 0.6 is 11.8 Å². The minimum absolute atomic E-state index is 0.108. The lowest BCUT2D eigenvalue weighted by molar-refractivity contribution is -0.134. The third kappa shape index (κ3) is 3.55. The fourth-order valence-electron chi connectivity index (χ4n) is 3.32. The Kier molecular flexibility index (Phi) is 4.95. The number of piperidine rings is 1. The largest absolute Gasteiger partial charge is 0.339 e. The first-order valence-corrected chi connectivity index (χ1v) is 9.40. The van der Waals surface area contributed by atoms with Crippen LogP contribution in [0.2, 0.25) is 0 Å². The van der Waals surface area contributed by atoms with Crippen molar-refractivity contribution in [3.8, 4) is 0 Å². The summed E-state index contributed by atoms with van der Waals surface area (Å²) in [4.78, 5) is 22.8. The molecule has 0 bridgehead atoms. The van der Waals surface area contributed by atoms with Crippen LogP contribution in [0, 0.1) is 6.92 Å². The van der Waals surface area contributed by atoms with Crippen LogP contribution in [-0.2, 0) is 4.79 Å². The van der Waals surface area contributed by atoms with Crippen LogP contribution in [0.25, 0.3) is 11.0 Å². The summed E-state index contributed by atoms with van der Waals surface area (Å²) in [5, 5.41) is 0.723. The molecule has 23 heavy (non-hydrogen) atoms. The second-order valence-corrected chi connectivity index (χ2v) is 7.74. The van der Waals surface area contributed by atoms with E-state index in [0.717, 1.165) is 42.0 Å². The fourth-order valence-corrected chi connectivity index (χ4v) is 4.21. The van der Waals surface area contributed by atoms with E-state index in [2.05, 4.69) is 40.8 Å². The molecule has 4 nitrogen and oxygen atoms in total. The van der Waals surface area contributed by atoms with Gasteiger partial charge in [0, 0.05) is 12.6 Å². The van der Waals surface area contributed by atoms with Crippen molar-refractivity contribution in [2.45, 2.75) is 62.9 Å². The molecule has 0 radical (unpaired) electrons. The number of carbonyl (C=O) groups is 1. The van der Waals surface area contributed by atoms with Crippen LogP contribution in [-0.4, -0.2) is 38.6 Å². The number of aromatic nitrogens is 2. The van der Waals surface area contributed by atoms with Gasteiger partial charge in [-0.05, 0) is 57.2 Å². The highest BCUT2D eigenvalue weighted by Gasteiger charge is 2.29. The number of hydrogen-bond donors (Lipinski definition) is 1. The zero-order valence-corrected chi connectivity index (χ0v) is 14.9. The average molecular weight is 331 g/mol. The summed E-state index contributed by atoms with van der Waals surface area (Å²) in [7, 11) is 0. The summed E-state index contributed by atoms with van der Waals surface area (Å²) in [5.74, 6) is 0.248. The molecule has 0 aliphatic carbocycles. The second kappa shape index (κ2) is 6.95. The summed E-state index contributed by atoms with van der Waals surface area (Å²) in [6, 6.07) is 6.59. The second-order valence-electron chi connectivity index (χ2n) is 6.41. The summed E-state index contributed by atoms with van der Waals surface area (Å²) in [6.45, 7) is 7.14. The standard InChI is InChI=1S/C18H25N3OS/c1-4-14-7-5-6-10-21(14)17(22)13(3)23-18-19-15-9-8-12(2)11-16(15)20-18/h8-9,11,13-14H,4-7,10H2,1-3H3,(H,19,20). The first-order valence-electron chi connectivity index (χ1n) is 8.52. The molecule has 1 aromatic heterocycles. The highest BCUT2D eigenvalue weighted by atomic mass is 32.2. The quantitative estimate of drug-likeness (QED) is 0.857. The minimum atomic E-state index is -0.108.